The van der Waals surface area contributed by atoms with Crippen LogP contribution in [0.3, 0.4) is 0 Å². The van der Waals surface area contributed by atoms with Gasteiger partial charge in [-0.05, 0) is 94.1 Å². The average molecular weight is 668 g/mol. The maximum atomic E-state index is 12.2. The number of hydrogen-bond acceptors (Lipinski definition) is 9. The molecule has 0 bridgehead atoms. The average Bonchev–Trinajstić information content (AvgIpc) is 3.03. The molecule has 1 heterocycles. The molecule has 0 aliphatic carbocycles. The molecular weight excluding hydrogens is 626 g/mol. The van der Waals surface area contributed by atoms with Crippen LogP contribution in [0.1, 0.15) is 69.5 Å². The Labute approximate surface area is 275 Å². The third-order valence-corrected chi connectivity index (χ3v) is 8.72. The largest absolute Gasteiger partial charge is 0.478 e. The maximum Gasteiger partial charge on any atom is 0.349 e. The molecule has 0 radical (unpaired) electrons. The van der Waals surface area contributed by atoms with Gasteiger partial charge in [-0.1, -0.05) is 54.4 Å². The van der Waals surface area contributed by atoms with Crippen LogP contribution >= 0.6 is 0 Å². The summed E-state index contributed by atoms with van der Waals surface area (Å²) in [6.07, 6.45) is 0.370. The fourth-order valence-corrected chi connectivity index (χ4v) is 5.75. The van der Waals surface area contributed by atoms with Gasteiger partial charge in [0.05, 0.1) is 16.0 Å². The van der Waals surface area contributed by atoms with Crippen LogP contribution < -0.4 is 0 Å². The van der Waals surface area contributed by atoms with Crippen molar-refractivity contribution < 1.29 is 47.3 Å². The van der Waals surface area contributed by atoms with Gasteiger partial charge >= 0.3 is 23.9 Å². The molecule has 2 N–H and O–H groups in total. The molecule has 47 heavy (non-hydrogen) atoms. The van der Waals surface area contributed by atoms with Gasteiger partial charge in [-0.3, -0.25) is 0 Å². The van der Waals surface area contributed by atoms with Gasteiger partial charge in [-0.15, -0.1) is 0 Å². The molecule has 12 heteroatoms. The van der Waals surface area contributed by atoms with E-state index in [2.05, 4.69) is 17.9 Å². The van der Waals surface area contributed by atoms with Crippen molar-refractivity contribution in [2.45, 2.75) is 63.1 Å². The van der Waals surface area contributed by atoms with Gasteiger partial charge in [0.25, 0.3) is 0 Å². The van der Waals surface area contributed by atoms with Crippen LogP contribution in [0.4, 0.5) is 0 Å². The van der Waals surface area contributed by atoms with E-state index < -0.39 is 45.9 Å². The fraction of sp³-hybridized carbons (Fsp3) is 0.371. The highest BCUT2D eigenvalue weighted by Crippen LogP contribution is 2.28. The molecule has 0 spiro atoms. The minimum Gasteiger partial charge on any atom is -0.478 e. The lowest BCUT2D eigenvalue weighted by atomic mass is 9.90. The summed E-state index contributed by atoms with van der Waals surface area (Å²) >= 11 is 0. The molecule has 1 aliphatic heterocycles. The SMILES string of the molecule is CCCN1CCC[C@H](c2cccc(S(C)(=O)=O)c2)C1.Cc1ccc(C(=O)O[C@H](C(=O)O)[C@H](OC(=O)c2ccc(C)cc2)C(=O)O)cc1. The Morgan fingerprint density at radius 1 is 0.830 bits per heavy atom. The van der Waals surface area contributed by atoms with Crippen molar-refractivity contribution in [3.05, 3.63) is 101 Å². The zero-order valence-electron chi connectivity index (χ0n) is 26.9. The van der Waals surface area contributed by atoms with E-state index in [4.69, 9.17) is 9.47 Å². The molecule has 1 aliphatic rings. The predicted octanol–water partition coefficient (Wildman–Crippen LogP) is 4.90. The third-order valence-electron chi connectivity index (χ3n) is 7.61. The van der Waals surface area contributed by atoms with Crippen molar-refractivity contribution in [1.82, 2.24) is 4.90 Å². The number of likely N-dealkylation sites (tertiary alicyclic amines) is 1. The number of rotatable bonds is 11. The van der Waals surface area contributed by atoms with Crippen molar-refractivity contribution in [3.63, 3.8) is 0 Å². The van der Waals surface area contributed by atoms with E-state index in [1.165, 1.54) is 55.5 Å². The number of esters is 2. The molecule has 3 aromatic rings. The lowest BCUT2D eigenvalue weighted by Crippen LogP contribution is -2.45. The molecule has 3 atom stereocenters. The second-order valence-electron chi connectivity index (χ2n) is 11.5. The number of aryl methyl sites for hydroxylation is 2. The van der Waals surface area contributed by atoms with E-state index in [1.54, 1.807) is 44.2 Å². The Kier molecular flexibility index (Phi) is 13.2. The molecule has 0 saturated carbocycles. The summed E-state index contributed by atoms with van der Waals surface area (Å²) in [6.45, 7) is 9.16. The van der Waals surface area contributed by atoms with Crippen LogP contribution in [-0.2, 0) is 28.9 Å². The third kappa shape index (κ3) is 11.0. The normalized spacial score (nSPS) is 16.1. The van der Waals surface area contributed by atoms with Crippen LogP contribution in [0, 0.1) is 13.8 Å². The summed E-state index contributed by atoms with van der Waals surface area (Å²) < 4.78 is 32.9. The molecule has 11 nitrogen and oxygen atoms in total. The Morgan fingerprint density at radius 3 is 1.74 bits per heavy atom. The standard InChI is InChI=1S/C20H18O8.C15H23NO2S/c1-11-3-7-13(8-4-11)19(25)27-15(17(21)22)16(18(23)24)28-20(26)14-9-5-12(2)6-10-14;1-3-9-16-10-5-7-14(12-16)13-6-4-8-15(11-13)19(2,17)18/h3-10,15-16H,1-2H3,(H,21,22)(H,23,24);4,6,8,11,14H,3,5,7,9-10,12H2,1-2H3/t15-,16-;14-/m00/s1. The van der Waals surface area contributed by atoms with Crippen LogP contribution in [0.15, 0.2) is 77.7 Å². The molecule has 252 valence electrons. The van der Waals surface area contributed by atoms with Crippen molar-refractivity contribution >= 4 is 33.7 Å². The first-order valence-corrected chi connectivity index (χ1v) is 17.1. The second kappa shape index (κ2) is 16.8. The van der Waals surface area contributed by atoms with Crippen molar-refractivity contribution in [2.75, 3.05) is 25.9 Å². The Balaban J connectivity index is 0.000000274. The number of carbonyl (C=O) groups is 4. The predicted molar refractivity (Wildman–Crippen MR) is 174 cm³/mol. The number of carbonyl (C=O) groups excluding carboxylic acids is 2. The summed E-state index contributed by atoms with van der Waals surface area (Å²) in [6, 6.07) is 19.5. The van der Waals surface area contributed by atoms with Crippen molar-refractivity contribution in [3.8, 4) is 0 Å². The highest BCUT2D eigenvalue weighted by molar-refractivity contribution is 7.90. The Hall–Kier alpha value is -4.55. The number of aliphatic carboxylic acids is 2. The molecule has 3 aromatic carbocycles. The second-order valence-corrected chi connectivity index (χ2v) is 13.6. The first-order valence-electron chi connectivity index (χ1n) is 15.2. The minimum absolute atomic E-state index is 0.0332. The first kappa shape index (κ1) is 36.9. The topological polar surface area (TPSA) is 165 Å². The number of sulfone groups is 1. The van der Waals surface area contributed by atoms with Crippen LogP contribution in [0.25, 0.3) is 0 Å². The number of carboxylic acid groups (broad SMARTS) is 2. The summed E-state index contributed by atoms with van der Waals surface area (Å²) in [4.78, 5) is 50.3. The highest BCUT2D eigenvalue weighted by Gasteiger charge is 2.41. The smallest absolute Gasteiger partial charge is 0.349 e. The summed E-state index contributed by atoms with van der Waals surface area (Å²) in [7, 11) is -3.10. The van der Waals surface area contributed by atoms with Gasteiger partial charge in [0.2, 0.25) is 12.2 Å². The Bertz CT molecular complexity index is 1570. The van der Waals surface area contributed by atoms with Crippen molar-refractivity contribution in [2.24, 2.45) is 0 Å². The molecule has 1 saturated heterocycles. The number of hydrogen-bond donors (Lipinski definition) is 2. The number of nitrogens with zero attached hydrogens (tertiary/aromatic N) is 1. The van der Waals surface area contributed by atoms with Gasteiger partial charge in [0, 0.05) is 12.8 Å². The van der Waals surface area contributed by atoms with Gasteiger partial charge in [0.1, 0.15) is 0 Å². The fourth-order valence-electron chi connectivity index (χ4n) is 5.08. The van der Waals surface area contributed by atoms with Gasteiger partial charge < -0.3 is 24.6 Å². The van der Waals surface area contributed by atoms with Gasteiger partial charge in [0.15, 0.2) is 9.84 Å². The molecule has 0 amide bonds. The number of carboxylic acids is 2. The quantitative estimate of drug-likeness (QED) is 0.267. The number of piperidine rings is 1. The van der Waals surface area contributed by atoms with Crippen LogP contribution in [0.2, 0.25) is 0 Å². The van der Waals surface area contributed by atoms with Gasteiger partial charge in [-0.25, -0.2) is 27.6 Å². The van der Waals surface area contributed by atoms with E-state index >= 15 is 0 Å². The van der Waals surface area contributed by atoms with Gasteiger partial charge in [-0.2, -0.15) is 0 Å². The molecule has 4 rings (SSSR count). The molecular formula is C35H41NO10S. The summed E-state index contributed by atoms with van der Waals surface area (Å²) in [5.41, 5.74) is 2.96. The molecule has 0 aromatic heterocycles. The van der Waals surface area contributed by atoms with E-state index in [9.17, 15) is 37.8 Å². The lowest BCUT2D eigenvalue weighted by molar-refractivity contribution is -0.166. The maximum absolute atomic E-state index is 12.2. The van der Waals surface area contributed by atoms with E-state index in [0.29, 0.717) is 10.8 Å². The zero-order valence-corrected chi connectivity index (χ0v) is 27.7. The lowest BCUT2D eigenvalue weighted by Gasteiger charge is -2.32. The zero-order chi connectivity index (χ0) is 34.7. The van der Waals surface area contributed by atoms with E-state index in [-0.39, 0.29) is 11.1 Å². The van der Waals surface area contributed by atoms with E-state index in [1.807, 2.05) is 12.1 Å². The minimum atomic E-state index is -3.10. The summed E-state index contributed by atoms with van der Waals surface area (Å²) in [5.74, 6) is -5.15. The molecule has 1 fully saturated rings. The Morgan fingerprint density at radius 2 is 1.32 bits per heavy atom. The van der Waals surface area contributed by atoms with Crippen LogP contribution in [0.5, 0.6) is 0 Å². The number of ether oxygens (including phenoxy) is 2. The number of benzene rings is 3. The summed E-state index contributed by atoms with van der Waals surface area (Å²) in [5, 5.41) is 18.6. The van der Waals surface area contributed by atoms with E-state index in [0.717, 1.165) is 30.6 Å². The highest BCUT2D eigenvalue weighted by atomic mass is 32.2. The van der Waals surface area contributed by atoms with Crippen molar-refractivity contribution in [1.29, 1.82) is 0 Å². The van der Waals surface area contributed by atoms with Crippen LogP contribution in [-0.4, -0.2) is 85.5 Å². The monoisotopic (exact) mass is 667 g/mol. The molecule has 0 unspecified atom stereocenters. The first-order chi connectivity index (χ1) is 22.2.